The highest BCUT2D eigenvalue weighted by molar-refractivity contribution is 6.29. The van der Waals surface area contributed by atoms with Crippen LogP contribution < -0.4 is 5.32 Å². The maximum Gasteiger partial charge on any atom is 0.270 e. The molecule has 1 aromatic heterocycles. The molecule has 84 valence electrons. The van der Waals surface area contributed by atoms with Crippen molar-refractivity contribution in [2.75, 3.05) is 0 Å². The largest absolute Gasteiger partial charge is 0.347 e. The first-order valence-electron chi connectivity index (χ1n) is 5.04. The lowest BCUT2D eigenvalue weighted by Gasteiger charge is -2.13. The highest BCUT2D eigenvalue weighted by Gasteiger charge is 2.12. The third-order valence-electron chi connectivity index (χ3n) is 2.14. The molecule has 4 heteroatoms. The summed E-state index contributed by atoms with van der Waals surface area (Å²) < 4.78 is 0. The molecule has 0 fully saturated rings. The normalized spacial score (nSPS) is 11.6. The van der Waals surface area contributed by atoms with Crippen molar-refractivity contribution in [2.24, 2.45) is 0 Å². The number of hydrogen-bond acceptors (Lipinski definition) is 2. The van der Waals surface area contributed by atoms with Crippen LogP contribution in [0.2, 0.25) is 5.15 Å². The van der Waals surface area contributed by atoms with Gasteiger partial charge in [-0.25, -0.2) is 4.98 Å². The van der Waals surface area contributed by atoms with Crippen LogP contribution in [-0.4, -0.2) is 16.9 Å². The highest BCUT2D eigenvalue weighted by atomic mass is 35.5. The number of terminal acetylenes is 1. The first kappa shape index (κ1) is 12.5. The molecule has 0 aromatic carbocycles. The van der Waals surface area contributed by atoms with Gasteiger partial charge < -0.3 is 5.32 Å². The molecule has 0 bridgehead atoms. The minimum atomic E-state index is -0.246. The lowest BCUT2D eigenvalue weighted by atomic mass is 10.1. The summed E-state index contributed by atoms with van der Waals surface area (Å²) in [4.78, 5) is 15.7. The van der Waals surface area contributed by atoms with Gasteiger partial charge in [0, 0.05) is 12.5 Å². The minimum absolute atomic E-state index is 0.0155. The van der Waals surface area contributed by atoms with E-state index in [0.29, 0.717) is 17.3 Å². The highest BCUT2D eigenvalue weighted by Crippen LogP contribution is 2.06. The first-order chi connectivity index (χ1) is 7.67. The van der Waals surface area contributed by atoms with Crippen molar-refractivity contribution < 1.29 is 4.79 Å². The summed E-state index contributed by atoms with van der Waals surface area (Å²) in [5.41, 5.74) is 0.308. The number of aromatic nitrogens is 1. The Morgan fingerprint density at radius 2 is 2.44 bits per heavy atom. The van der Waals surface area contributed by atoms with Gasteiger partial charge in [-0.1, -0.05) is 24.6 Å². The number of nitrogens with one attached hydrogen (secondary N) is 1. The Kier molecular flexibility index (Phi) is 4.81. The van der Waals surface area contributed by atoms with Crippen LogP contribution in [0.4, 0.5) is 0 Å². The molecular weight excluding hydrogens is 224 g/mol. The van der Waals surface area contributed by atoms with Crippen LogP contribution >= 0.6 is 11.6 Å². The van der Waals surface area contributed by atoms with E-state index < -0.39 is 0 Å². The summed E-state index contributed by atoms with van der Waals surface area (Å²) in [7, 11) is 0. The third kappa shape index (κ3) is 3.56. The molecule has 16 heavy (non-hydrogen) atoms. The van der Waals surface area contributed by atoms with Gasteiger partial charge in [0.15, 0.2) is 0 Å². The molecule has 0 radical (unpaired) electrons. The van der Waals surface area contributed by atoms with Crippen molar-refractivity contribution in [1.29, 1.82) is 0 Å². The van der Waals surface area contributed by atoms with Gasteiger partial charge in [-0.15, -0.1) is 12.3 Å². The van der Waals surface area contributed by atoms with Crippen molar-refractivity contribution in [1.82, 2.24) is 10.3 Å². The Morgan fingerprint density at radius 1 is 1.69 bits per heavy atom. The zero-order chi connectivity index (χ0) is 12.0. The molecule has 1 unspecified atom stereocenters. The Labute approximate surface area is 100 Å². The van der Waals surface area contributed by atoms with E-state index in [4.69, 9.17) is 18.0 Å². The van der Waals surface area contributed by atoms with E-state index in [-0.39, 0.29) is 11.9 Å². The standard InChI is InChI=1S/C12H13ClN2O/c1-3-6-9(4-2)14-12(16)10-7-5-8-11(13)15-10/h1,5,7-9H,4,6H2,2H3,(H,14,16). The molecule has 1 aromatic rings. The van der Waals surface area contributed by atoms with Crippen LogP contribution in [-0.2, 0) is 0 Å². The molecule has 0 saturated carbocycles. The second kappa shape index (κ2) is 6.14. The fraction of sp³-hybridized carbons (Fsp3) is 0.333. The molecule has 3 nitrogen and oxygen atoms in total. The molecule has 0 aliphatic carbocycles. The smallest absolute Gasteiger partial charge is 0.270 e. The summed E-state index contributed by atoms with van der Waals surface area (Å²) in [6, 6.07) is 4.91. The van der Waals surface area contributed by atoms with E-state index in [1.54, 1.807) is 18.2 Å². The molecule has 1 rings (SSSR count). The Morgan fingerprint density at radius 3 is 3.00 bits per heavy atom. The van der Waals surface area contributed by atoms with Gasteiger partial charge in [0.1, 0.15) is 10.8 Å². The first-order valence-corrected chi connectivity index (χ1v) is 5.42. The molecule has 0 spiro atoms. The monoisotopic (exact) mass is 236 g/mol. The molecule has 1 atom stereocenters. The van der Waals surface area contributed by atoms with Crippen molar-refractivity contribution in [3.05, 3.63) is 29.0 Å². The second-order valence-electron chi connectivity index (χ2n) is 3.33. The average Bonchev–Trinajstić information content (AvgIpc) is 2.28. The van der Waals surface area contributed by atoms with Gasteiger partial charge in [0.05, 0.1) is 0 Å². The number of amides is 1. The Bertz CT molecular complexity index is 412. The van der Waals surface area contributed by atoms with E-state index in [2.05, 4.69) is 16.2 Å². The van der Waals surface area contributed by atoms with Crippen LogP contribution in [0.25, 0.3) is 0 Å². The van der Waals surface area contributed by atoms with Gasteiger partial charge in [-0.3, -0.25) is 4.79 Å². The number of hydrogen-bond donors (Lipinski definition) is 1. The van der Waals surface area contributed by atoms with Gasteiger partial charge in [-0.2, -0.15) is 0 Å². The third-order valence-corrected chi connectivity index (χ3v) is 2.35. The number of halogens is 1. The van der Waals surface area contributed by atoms with Gasteiger partial charge in [0.25, 0.3) is 5.91 Å². The topological polar surface area (TPSA) is 42.0 Å². The van der Waals surface area contributed by atoms with Gasteiger partial charge >= 0.3 is 0 Å². The summed E-state index contributed by atoms with van der Waals surface area (Å²) in [5.74, 6) is 2.28. The van der Waals surface area contributed by atoms with E-state index in [1.807, 2.05) is 6.92 Å². The molecular formula is C12H13ClN2O. The van der Waals surface area contributed by atoms with Gasteiger partial charge in [0.2, 0.25) is 0 Å². The van der Waals surface area contributed by atoms with E-state index in [0.717, 1.165) is 6.42 Å². The zero-order valence-electron chi connectivity index (χ0n) is 9.03. The lowest BCUT2D eigenvalue weighted by Crippen LogP contribution is -2.34. The summed E-state index contributed by atoms with van der Waals surface area (Å²) in [5, 5.41) is 3.11. The fourth-order valence-electron chi connectivity index (χ4n) is 1.23. The van der Waals surface area contributed by atoms with E-state index in [9.17, 15) is 4.79 Å². The van der Waals surface area contributed by atoms with Crippen LogP contribution in [0.15, 0.2) is 18.2 Å². The molecule has 0 aliphatic rings. The zero-order valence-corrected chi connectivity index (χ0v) is 9.79. The van der Waals surface area contributed by atoms with E-state index >= 15 is 0 Å². The quantitative estimate of drug-likeness (QED) is 0.644. The fourth-order valence-corrected chi connectivity index (χ4v) is 1.40. The van der Waals surface area contributed by atoms with Crippen molar-refractivity contribution >= 4 is 17.5 Å². The van der Waals surface area contributed by atoms with E-state index in [1.165, 1.54) is 0 Å². The Balaban J connectivity index is 2.68. The van der Waals surface area contributed by atoms with Crippen LogP contribution in [0, 0.1) is 12.3 Å². The number of rotatable bonds is 4. The molecule has 0 saturated heterocycles. The molecule has 0 aliphatic heterocycles. The lowest BCUT2D eigenvalue weighted by molar-refractivity contribution is 0.0931. The number of nitrogens with zero attached hydrogens (tertiary/aromatic N) is 1. The van der Waals surface area contributed by atoms with Crippen molar-refractivity contribution in [3.63, 3.8) is 0 Å². The van der Waals surface area contributed by atoms with Crippen molar-refractivity contribution in [3.8, 4) is 12.3 Å². The van der Waals surface area contributed by atoms with Gasteiger partial charge in [-0.05, 0) is 18.6 Å². The minimum Gasteiger partial charge on any atom is -0.347 e. The molecule has 1 N–H and O–H groups in total. The van der Waals surface area contributed by atoms with Crippen molar-refractivity contribution in [2.45, 2.75) is 25.8 Å². The number of carbonyl (C=O) groups is 1. The predicted molar refractivity (Wildman–Crippen MR) is 64.2 cm³/mol. The predicted octanol–water partition coefficient (Wildman–Crippen LogP) is 2.27. The summed E-state index contributed by atoms with van der Waals surface area (Å²) in [6.07, 6.45) is 6.51. The summed E-state index contributed by atoms with van der Waals surface area (Å²) >= 11 is 5.70. The number of pyridine rings is 1. The van der Waals surface area contributed by atoms with Crippen LogP contribution in [0.1, 0.15) is 30.3 Å². The Hall–Kier alpha value is -1.53. The second-order valence-corrected chi connectivity index (χ2v) is 3.72. The summed E-state index contributed by atoms with van der Waals surface area (Å²) in [6.45, 7) is 1.97. The maximum atomic E-state index is 11.7. The van der Waals surface area contributed by atoms with Crippen LogP contribution in [0.3, 0.4) is 0 Å². The number of carbonyl (C=O) groups excluding carboxylic acids is 1. The SMILES string of the molecule is C#CCC(CC)NC(=O)c1cccc(Cl)n1. The average molecular weight is 237 g/mol. The molecule has 1 heterocycles. The molecule has 1 amide bonds. The van der Waals surface area contributed by atoms with Crippen LogP contribution in [0.5, 0.6) is 0 Å². The maximum absolute atomic E-state index is 11.7.